The van der Waals surface area contributed by atoms with Crippen LogP contribution >= 0.6 is 0 Å². The van der Waals surface area contributed by atoms with Crippen LogP contribution in [0.25, 0.3) is 0 Å². The molecule has 2 saturated heterocycles. The lowest BCUT2D eigenvalue weighted by Crippen LogP contribution is -2.36. The highest BCUT2D eigenvalue weighted by Gasteiger charge is 2.33. The molecular formula is C13H23NO4S. The molecule has 110 valence electrons. The third-order valence-electron chi connectivity index (χ3n) is 4.18. The summed E-state index contributed by atoms with van der Waals surface area (Å²) in [6.45, 7) is 0.952. The summed E-state index contributed by atoms with van der Waals surface area (Å²) in [6.07, 6.45) is 4.61. The third kappa shape index (κ3) is 3.92. The average molecular weight is 289 g/mol. The van der Waals surface area contributed by atoms with Crippen LogP contribution in [0.4, 0.5) is 0 Å². The smallest absolute Gasteiger partial charge is 0.223 e. The summed E-state index contributed by atoms with van der Waals surface area (Å²) < 4.78 is 22.8. The van der Waals surface area contributed by atoms with E-state index >= 15 is 0 Å². The molecule has 0 saturated carbocycles. The zero-order chi connectivity index (χ0) is 13.9. The molecule has 2 aliphatic rings. The van der Waals surface area contributed by atoms with Gasteiger partial charge in [-0.1, -0.05) is 0 Å². The van der Waals surface area contributed by atoms with Crippen molar-refractivity contribution in [1.29, 1.82) is 0 Å². The van der Waals surface area contributed by atoms with E-state index < -0.39 is 9.84 Å². The van der Waals surface area contributed by atoms with Crippen molar-refractivity contribution in [2.75, 3.05) is 24.7 Å². The van der Waals surface area contributed by atoms with Gasteiger partial charge in [-0.05, 0) is 38.0 Å². The van der Waals surface area contributed by atoms with Crippen molar-refractivity contribution in [3.05, 3.63) is 0 Å². The van der Waals surface area contributed by atoms with Crippen LogP contribution in [0.15, 0.2) is 0 Å². The monoisotopic (exact) mass is 289 g/mol. The number of likely N-dealkylation sites (tertiary alicyclic amines) is 1. The van der Waals surface area contributed by atoms with Crippen molar-refractivity contribution in [2.24, 2.45) is 5.92 Å². The molecule has 2 fully saturated rings. The average Bonchev–Trinajstić information content (AvgIpc) is 2.93. The Labute approximate surface area is 114 Å². The van der Waals surface area contributed by atoms with Crippen LogP contribution in [0, 0.1) is 5.92 Å². The number of rotatable bonds is 5. The fraction of sp³-hybridized carbons (Fsp3) is 0.923. The Kier molecular flexibility index (Phi) is 4.84. The summed E-state index contributed by atoms with van der Waals surface area (Å²) in [5.74, 6) is 0.520. The lowest BCUT2D eigenvalue weighted by molar-refractivity contribution is -0.133. The molecule has 2 rings (SSSR count). The van der Waals surface area contributed by atoms with E-state index in [1.54, 1.807) is 0 Å². The van der Waals surface area contributed by atoms with Gasteiger partial charge in [0, 0.05) is 25.6 Å². The first-order valence-corrected chi connectivity index (χ1v) is 8.95. The predicted molar refractivity (Wildman–Crippen MR) is 72.4 cm³/mol. The Morgan fingerprint density at radius 2 is 2.11 bits per heavy atom. The van der Waals surface area contributed by atoms with Crippen molar-refractivity contribution >= 4 is 15.7 Å². The Hall–Kier alpha value is -0.620. The normalized spacial score (nSPS) is 29.8. The molecule has 2 atom stereocenters. The maximum absolute atomic E-state index is 12.3. The summed E-state index contributed by atoms with van der Waals surface area (Å²) in [5.41, 5.74) is 0. The molecule has 19 heavy (non-hydrogen) atoms. The van der Waals surface area contributed by atoms with Crippen molar-refractivity contribution < 1.29 is 18.3 Å². The highest BCUT2D eigenvalue weighted by molar-refractivity contribution is 7.91. The first-order chi connectivity index (χ1) is 9.02. The number of hydrogen-bond donors (Lipinski definition) is 1. The second kappa shape index (κ2) is 6.22. The lowest BCUT2D eigenvalue weighted by atomic mass is 10.0. The van der Waals surface area contributed by atoms with E-state index in [4.69, 9.17) is 5.11 Å². The Bertz CT molecular complexity index is 420. The Morgan fingerprint density at radius 3 is 2.74 bits per heavy atom. The van der Waals surface area contributed by atoms with Gasteiger partial charge >= 0.3 is 0 Å². The molecule has 1 N–H and O–H groups in total. The molecule has 0 bridgehead atoms. The van der Waals surface area contributed by atoms with Crippen LogP contribution in [0.1, 0.15) is 38.5 Å². The van der Waals surface area contributed by atoms with E-state index in [1.165, 1.54) is 0 Å². The van der Waals surface area contributed by atoms with Gasteiger partial charge in [-0.2, -0.15) is 0 Å². The highest BCUT2D eigenvalue weighted by Crippen LogP contribution is 2.26. The number of carbonyl (C=O) groups is 1. The fourth-order valence-corrected chi connectivity index (χ4v) is 5.05. The Balaban J connectivity index is 1.85. The maximum atomic E-state index is 12.3. The van der Waals surface area contributed by atoms with Crippen molar-refractivity contribution in [3.63, 3.8) is 0 Å². The SMILES string of the molecule is O=C(CC1CCS(=O)(=O)C1)N1CCCC1CCCO. The van der Waals surface area contributed by atoms with Crippen LogP contribution in [-0.2, 0) is 14.6 Å². The van der Waals surface area contributed by atoms with E-state index in [1.807, 2.05) is 4.90 Å². The number of aliphatic hydroxyl groups is 1. The van der Waals surface area contributed by atoms with Crippen LogP contribution in [0.5, 0.6) is 0 Å². The number of aliphatic hydroxyl groups excluding tert-OH is 1. The predicted octanol–water partition coefficient (Wildman–Crippen LogP) is 0.575. The number of nitrogens with zero attached hydrogens (tertiary/aromatic N) is 1. The molecule has 5 nitrogen and oxygen atoms in total. The quantitative estimate of drug-likeness (QED) is 0.803. The summed E-state index contributed by atoms with van der Waals surface area (Å²) in [7, 11) is -2.90. The minimum absolute atomic E-state index is 0.0107. The molecule has 0 spiro atoms. The Morgan fingerprint density at radius 1 is 1.32 bits per heavy atom. The van der Waals surface area contributed by atoms with Crippen LogP contribution in [0.2, 0.25) is 0 Å². The van der Waals surface area contributed by atoms with Gasteiger partial charge in [0.15, 0.2) is 9.84 Å². The van der Waals surface area contributed by atoms with Gasteiger partial charge in [0.25, 0.3) is 0 Å². The minimum Gasteiger partial charge on any atom is -0.396 e. The van der Waals surface area contributed by atoms with Gasteiger partial charge in [0.2, 0.25) is 5.91 Å². The van der Waals surface area contributed by atoms with Crippen molar-refractivity contribution in [2.45, 2.75) is 44.6 Å². The van der Waals surface area contributed by atoms with Crippen molar-refractivity contribution in [1.82, 2.24) is 4.90 Å². The minimum atomic E-state index is -2.90. The standard InChI is InChI=1S/C13H23NO4S/c15-7-2-4-12-3-1-6-14(12)13(16)9-11-5-8-19(17,18)10-11/h11-12,15H,1-10H2. The maximum Gasteiger partial charge on any atom is 0.223 e. The molecule has 2 aliphatic heterocycles. The van der Waals surface area contributed by atoms with Gasteiger partial charge in [-0.3, -0.25) is 4.79 Å². The lowest BCUT2D eigenvalue weighted by Gasteiger charge is -2.25. The summed E-state index contributed by atoms with van der Waals surface area (Å²) in [5, 5.41) is 8.87. The molecule has 0 aliphatic carbocycles. The van der Waals surface area contributed by atoms with Gasteiger partial charge in [-0.25, -0.2) is 8.42 Å². The van der Waals surface area contributed by atoms with E-state index in [2.05, 4.69) is 0 Å². The van der Waals surface area contributed by atoms with Crippen LogP contribution in [-0.4, -0.2) is 55.0 Å². The fourth-order valence-electron chi connectivity index (χ4n) is 3.19. The van der Waals surface area contributed by atoms with Gasteiger partial charge in [0.1, 0.15) is 0 Å². The van der Waals surface area contributed by atoms with E-state index in [0.717, 1.165) is 32.2 Å². The molecule has 0 radical (unpaired) electrons. The molecule has 1 amide bonds. The summed E-state index contributed by atoms with van der Waals surface area (Å²) in [4.78, 5) is 14.2. The first kappa shape index (κ1) is 14.8. The zero-order valence-electron chi connectivity index (χ0n) is 11.3. The number of amides is 1. The molecular weight excluding hydrogens is 266 g/mol. The van der Waals surface area contributed by atoms with Gasteiger partial charge in [-0.15, -0.1) is 0 Å². The molecule has 0 aromatic heterocycles. The van der Waals surface area contributed by atoms with Crippen LogP contribution < -0.4 is 0 Å². The van der Waals surface area contributed by atoms with E-state index in [-0.39, 0.29) is 36.0 Å². The third-order valence-corrected chi connectivity index (χ3v) is 6.02. The largest absolute Gasteiger partial charge is 0.396 e. The molecule has 2 unspecified atom stereocenters. The molecule has 6 heteroatoms. The second-order valence-corrected chi connectivity index (χ2v) is 7.95. The van der Waals surface area contributed by atoms with E-state index in [0.29, 0.717) is 12.8 Å². The number of carbonyl (C=O) groups excluding carboxylic acids is 1. The first-order valence-electron chi connectivity index (χ1n) is 7.12. The topological polar surface area (TPSA) is 74.7 Å². The zero-order valence-corrected chi connectivity index (χ0v) is 12.1. The van der Waals surface area contributed by atoms with Crippen LogP contribution in [0.3, 0.4) is 0 Å². The van der Waals surface area contributed by atoms with Crippen molar-refractivity contribution in [3.8, 4) is 0 Å². The molecule has 0 aromatic carbocycles. The molecule has 2 heterocycles. The van der Waals surface area contributed by atoms with E-state index in [9.17, 15) is 13.2 Å². The second-order valence-electron chi connectivity index (χ2n) is 5.72. The summed E-state index contributed by atoms with van der Waals surface area (Å²) >= 11 is 0. The van der Waals surface area contributed by atoms with Gasteiger partial charge in [0.05, 0.1) is 11.5 Å². The summed E-state index contributed by atoms with van der Waals surface area (Å²) in [6, 6.07) is 0.248. The highest BCUT2D eigenvalue weighted by atomic mass is 32.2. The number of sulfone groups is 1. The number of hydrogen-bond acceptors (Lipinski definition) is 4. The molecule has 0 aromatic rings. The van der Waals surface area contributed by atoms with Gasteiger partial charge < -0.3 is 10.0 Å².